The van der Waals surface area contributed by atoms with Crippen molar-refractivity contribution in [3.63, 3.8) is 0 Å². The number of benzene rings is 1. The topological polar surface area (TPSA) is 85.2 Å². The molecule has 10 heteroatoms. The SMILES string of the molecule is CC[C@@H](C)N(C(=O)CSc1nnc(-c2cccs2)n1-c1ccccc1)[C@H]1CCS(=O)(=O)C1. The Hall–Kier alpha value is -2.17. The van der Waals surface area contributed by atoms with Crippen molar-refractivity contribution in [1.82, 2.24) is 19.7 Å². The summed E-state index contributed by atoms with van der Waals surface area (Å²) in [5.41, 5.74) is 0.927. The highest BCUT2D eigenvalue weighted by atomic mass is 32.2. The molecule has 0 radical (unpaired) electrons. The average molecular weight is 491 g/mol. The van der Waals surface area contributed by atoms with Crippen LogP contribution in [0.4, 0.5) is 0 Å². The maximum atomic E-state index is 13.3. The molecule has 3 aromatic rings. The molecule has 1 fully saturated rings. The second kappa shape index (κ2) is 9.76. The minimum absolute atomic E-state index is 0.0185. The molecule has 170 valence electrons. The van der Waals surface area contributed by atoms with E-state index in [1.807, 2.05) is 66.3 Å². The number of thiophene rings is 1. The number of carbonyl (C=O) groups is 1. The van der Waals surface area contributed by atoms with Crippen LogP contribution in [0.1, 0.15) is 26.7 Å². The van der Waals surface area contributed by atoms with Gasteiger partial charge in [-0.25, -0.2) is 8.42 Å². The lowest BCUT2D eigenvalue weighted by molar-refractivity contribution is -0.132. The highest BCUT2D eigenvalue weighted by Gasteiger charge is 2.36. The highest BCUT2D eigenvalue weighted by Crippen LogP contribution is 2.31. The molecular weight excluding hydrogens is 464 g/mol. The van der Waals surface area contributed by atoms with Crippen LogP contribution in [0.3, 0.4) is 0 Å². The van der Waals surface area contributed by atoms with Crippen LogP contribution >= 0.6 is 23.1 Å². The molecule has 4 rings (SSSR count). The first kappa shape index (κ1) is 23.0. The lowest BCUT2D eigenvalue weighted by Crippen LogP contribution is -2.47. The number of nitrogens with zero attached hydrogens (tertiary/aromatic N) is 4. The minimum atomic E-state index is -3.07. The predicted octanol–water partition coefficient (Wildman–Crippen LogP) is 3.90. The summed E-state index contributed by atoms with van der Waals surface area (Å²) in [6.45, 7) is 4.00. The van der Waals surface area contributed by atoms with Crippen molar-refractivity contribution in [3.8, 4) is 16.4 Å². The Morgan fingerprint density at radius 1 is 1.25 bits per heavy atom. The standard InChI is InChI=1S/C22H26N4O3S3/c1-3-16(2)25(18-11-13-32(28,29)15-18)20(27)14-31-22-24-23-21(19-10-7-12-30-19)26(22)17-8-5-4-6-9-17/h4-10,12,16,18H,3,11,13-15H2,1-2H3/t16-,18+/m1/s1. The average Bonchev–Trinajstić information content (AvgIpc) is 3.52. The number of thioether (sulfide) groups is 1. The Bertz CT molecular complexity index is 1160. The van der Waals surface area contributed by atoms with Crippen LogP contribution in [-0.2, 0) is 14.6 Å². The maximum absolute atomic E-state index is 13.3. The molecule has 1 amide bonds. The summed E-state index contributed by atoms with van der Waals surface area (Å²) in [7, 11) is -3.07. The van der Waals surface area contributed by atoms with Gasteiger partial charge in [0.05, 0.1) is 22.1 Å². The third-order valence-electron chi connectivity index (χ3n) is 5.67. The van der Waals surface area contributed by atoms with Crippen LogP contribution in [-0.4, -0.2) is 63.3 Å². The van der Waals surface area contributed by atoms with Crippen LogP contribution in [0.15, 0.2) is 53.0 Å². The first-order valence-corrected chi connectivity index (χ1v) is 14.3. The van der Waals surface area contributed by atoms with Crippen LogP contribution < -0.4 is 0 Å². The lowest BCUT2D eigenvalue weighted by Gasteiger charge is -2.33. The van der Waals surface area contributed by atoms with E-state index >= 15 is 0 Å². The minimum Gasteiger partial charge on any atom is -0.335 e. The molecule has 0 spiro atoms. The summed E-state index contributed by atoms with van der Waals surface area (Å²) in [5, 5.41) is 11.4. The molecule has 0 aliphatic carbocycles. The summed E-state index contributed by atoms with van der Waals surface area (Å²) < 4.78 is 26.0. The number of amides is 1. The molecule has 2 atom stereocenters. The van der Waals surface area contributed by atoms with Crippen LogP contribution in [0.2, 0.25) is 0 Å². The fourth-order valence-corrected chi connectivity index (χ4v) is 7.17. The first-order valence-electron chi connectivity index (χ1n) is 10.6. The molecule has 3 heterocycles. The quantitative estimate of drug-likeness (QED) is 0.445. The Morgan fingerprint density at radius 3 is 2.66 bits per heavy atom. The van der Waals surface area contributed by atoms with Gasteiger partial charge in [-0.1, -0.05) is 43.0 Å². The third kappa shape index (κ3) is 4.92. The molecule has 0 saturated carbocycles. The monoisotopic (exact) mass is 490 g/mol. The molecule has 0 unspecified atom stereocenters. The highest BCUT2D eigenvalue weighted by molar-refractivity contribution is 7.99. The second-order valence-corrected chi connectivity index (χ2v) is 12.0. The Morgan fingerprint density at radius 2 is 2.03 bits per heavy atom. The van der Waals surface area contributed by atoms with Crippen LogP contribution in [0.25, 0.3) is 16.4 Å². The van der Waals surface area contributed by atoms with Gasteiger partial charge in [-0.15, -0.1) is 21.5 Å². The van der Waals surface area contributed by atoms with Crippen LogP contribution in [0.5, 0.6) is 0 Å². The van der Waals surface area contributed by atoms with Gasteiger partial charge in [0.15, 0.2) is 20.8 Å². The Labute approximate surface area is 196 Å². The van der Waals surface area contributed by atoms with Crippen LogP contribution in [0, 0.1) is 0 Å². The van der Waals surface area contributed by atoms with E-state index in [-0.39, 0.29) is 35.2 Å². The van der Waals surface area contributed by atoms with Crippen molar-refractivity contribution < 1.29 is 13.2 Å². The van der Waals surface area contributed by atoms with Gasteiger partial charge in [-0.05, 0) is 43.3 Å². The summed E-state index contributed by atoms with van der Waals surface area (Å²) in [4.78, 5) is 16.0. The summed E-state index contributed by atoms with van der Waals surface area (Å²) in [6, 6.07) is 13.5. The fourth-order valence-electron chi connectivity index (χ4n) is 3.94. The van der Waals surface area contributed by atoms with E-state index in [0.717, 1.165) is 22.8 Å². The van der Waals surface area contributed by atoms with Gasteiger partial charge in [0, 0.05) is 17.8 Å². The summed E-state index contributed by atoms with van der Waals surface area (Å²) in [5.74, 6) is 1.05. The van der Waals surface area contributed by atoms with E-state index in [1.165, 1.54) is 11.8 Å². The second-order valence-electron chi connectivity index (χ2n) is 7.86. The molecule has 1 saturated heterocycles. The zero-order valence-corrected chi connectivity index (χ0v) is 20.5. The van der Waals surface area contributed by atoms with Crippen molar-refractivity contribution in [2.24, 2.45) is 0 Å². The van der Waals surface area contributed by atoms with Gasteiger partial charge in [-0.2, -0.15) is 0 Å². The first-order chi connectivity index (χ1) is 15.4. The van der Waals surface area contributed by atoms with Gasteiger partial charge < -0.3 is 4.90 Å². The Balaban J connectivity index is 1.58. The van der Waals surface area contributed by atoms with Crippen molar-refractivity contribution in [2.45, 2.75) is 43.9 Å². The molecule has 1 aliphatic heterocycles. The van der Waals surface area contributed by atoms with Crippen molar-refractivity contribution in [1.29, 1.82) is 0 Å². The van der Waals surface area contributed by atoms with Gasteiger partial charge in [-0.3, -0.25) is 9.36 Å². The van der Waals surface area contributed by atoms with Crippen molar-refractivity contribution >= 4 is 38.8 Å². The van der Waals surface area contributed by atoms with Gasteiger partial charge in [0.1, 0.15) is 0 Å². The lowest BCUT2D eigenvalue weighted by atomic mass is 10.1. The number of hydrogen-bond donors (Lipinski definition) is 0. The normalized spacial score (nSPS) is 18.5. The van der Waals surface area contributed by atoms with E-state index in [4.69, 9.17) is 0 Å². The molecule has 1 aromatic carbocycles. The zero-order valence-electron chi connectivity index (χ0n) is 18.0. The van der Waals surface area contributed by atoms with E-state index in [9.17, 15) is 13.2 Å². The van der Waals surface area contributed by atoms with Crippen molar-refractivity contribution in [3.05, 3.63) is 47.8 Å². The zero-order chi connectivity index (χ0) is 22.7. The molecule has 1 aliphatic rings. The smallest absolute Gasteiger partial charge is 0.233 e. The van der Waals surface area contributed by atoms with Gasteiger partial charge >= 0.3 is 0 Å². The largest absolute Gasteiger partial charge is 0.335 e. The van der Waals surface area contributed by atoms with Gasteiger partial charge in [0.2, 0.25) is 5.91 Å². The summed E-state index contributed by atoms with van der Waals surface area (Å²) >= 11 is 2.92. The van der Waals surface area contributed by atoms with Gasteiger partial charge in [0.25, 0.3) is 0 Å². The number of sulfone groups is 1. The number of hydrogen-bond acceptors (Lipinski definition) is 7. The predicted molar refractivity (Wildman–Crippen MR) is 129 cm³/mol. The fraction of sp³-hybridized carbons (Fsp3) is 0.409. The molecule has 0 N–H and O–H groups in total. The third-order valence-corrected chi connectivity index (χ3v) is 9.20. The number of carbonyl (C=O) groups excluding carboxylic acids is 1. The number of para-hydroxylation sites is 1. The Kier molecular flexibility index (Phi) is 7.02. The molecule has 2 aromatic heterocycles. The maximum Gasteiger partial charge on any atom is 0.233 e. The molecule has 32 heavy (non-hydrogen) atoms. The number of rotatable bonds is 8. The van der Waals surface area contributed by atoms with Crippen molar-refractivity contribution in [2.75, 3.05) is 17.3 Å². The molecule has 7 nitrogen and oxygen atoms in total. The molecule has 0 bridgehead atoms. The van der Waals surface area contributed by atoms with E-state index in [0.29, 0.717) is 11.6 Å². The number of aromatic nitrogens is 3. The summed E-state index contributed by atoms with van der Waals surface area (Å²) in [6.07, 6.45) is 1.28. The van der Waals surface area contributed by atoms with E-state index < -0.39 is 9.84 Å². The van der Waals surface area contributed by atoms with E-state index in [1.54, 1.807) is 16.2 Å². The molecular formula is C22H26N4O3S3. The van der Waals surface area contributed by atoms with E-state index in [2.05, 4.69) is 10.2 Å².